The zero-order valence-corrected chi connectivity index (χ0v) is 14.0. The van der Waals surface area contributed by atoms with Crippen LogP contribution in [0.1, 0.15) is 36.2 Å². The van der Waals surface area contributed by atoms with Crippen molar-refractivity contribution >= 4 is 12.2 Å². The lowest BCUT2D eigenvalue weighted by Crippen LogP contribution is -2.39. The number of ether oxygens (including phenoxy) is 1. The highest BCUT2D eigenvalue weighted by molar-refractivity contribution is 5.88. The lowest BCUT2D eigenvalue weighted by atomic mass is 10.2. The van der Waals surface area contributed by atoms with E-state index in [2.05, 4.69) is 5.16 Å². The Morgan fingerprint density at radius 3 is 2.54 bits per heavy atom. The Bertz CT molecular complexity index is 714. The van der Waals surface area contributed by atoms with Crippen LogP contribution in [0.15, 0.2) is 54.2 Å². The predicted molar refractivity (Wildman–Crippen MR) is 87.8 cm³/mol. The van der Waals surface area contributed by atoms with Crippen LogP contribution in [-0.4, -0.2) is 23.5 Å². The number of carbonyl (C=O) groups excluding carboxylic acids is 1. The van der Waals surface area contributed by atoms with Crippen molar-refractivity contribution in [3.8, 4) is 0 Å². The Morgan fingerprint density at radius 2 is 1.88 bits per heavy atom. The number of hydrogen-bond acceptors (Lipinski definition) is 4. The van der Waals surface area contributed by atoms with Crippen LogP contribution >= 0.6 is 0 Å². The molecule has 0 bridgehead atoms. The van der Waals surface area contributed by atoms with Crippen molar-refractivity contribution in [2.75, 3.05) is 0 Å². The lowest BCUT2D eigenvalue weighted by Gasteiger charge is -2.06. The normalized spacial score (nSPS) is 11.1. The Morgan fingerprint density at radius 1 is 1.21 bits per heavy atom. The summed E-state index contributed by atoms with van der Waals surface area (Å²) in [5.74, 6) is -0.301. The van der Waals surface area contributed by atoms with Crippen molar-refractivity contribution in [1.82, 2.24) is 0 Å². The van der Waals surface area contributed by atoms with Crippen molar-refractivity contribution in [3.63, 3.8) is 0 Å². The maximum atomic E-state index is 11.9. The molecule has 0 radical (unpaired) electrons. The van der Waals surface area contributed by atoms with Crippen molar-refractivity contribution in [3.05, 3.63) is 60.2 Å². The number of nitrogens with zero attached hydrogens (tertiary/aromatic N) is 3. The van der Waals surface area contributed by atoms with Crippen LogP contribution in [0.25, 0.3) is 0 Å². The first-order valence-electron chi connectivity index (χ1n) is 7.95. The minimum Gasteiger partial charge on any atom is -0.459 e. The van der Waals surface area contributed by atoms with Gasteiger partial charge in [0.15, 0.2) is 37.9 Å². The predicted octanol–water partition coefficient (Wildman–Crippen LogP) is 1.73. The van der Waals surface area contributed by atoms with E-state index >= 15 is 0 Å². The fourth-order valence-electron chi connectivity index (χ4n) is 2.32. The number of rotatable bonds is 7. The van der Waals surface area contributed by atoms with Crippen LogP contribution in [0, 0.1) is 0 Å². The van der Waals surface area contributed by atoms with Gasteiger partial charge in [-0.2, -0.15) is 0 Å². The molecular formula is C18H23N3O3+2. The van der Waals surface area contributed by atoms with Crippen LogP contribution in [-0.2, 0) is 17.8 Å². The van der Waals surface area contributed by atoms with Gasteiger partial charge in [-0.05, 0) is 26.0 Å². The summed E-state index contributed by atoms with van der Waals surface area (Å²) in [6.07, 6.45) is 9.80. The molecule has 1 N–H and O–H groups in total. The Hall–Kier alpha value is -2.76. The summed E-state index contributed by atoms with van der Waals surface area (Å²) in [5, 5.41) is 11.6. The molecule has 0 unspecified atom stereocenters. The Labute approximate surface area is 141 Å². The van der Waals surface area contributed by atoms with E-state index in [1.54, 1.807) is 6.07 Å². The molecule has 0 aromatic carbocycles. The topological polar surface area (TPSA) is 66.7 Å². The van der Waals surface area contributed by atoms with E-state index in [1.807, 2.05) is 66.0 Å². The van der Waals surface area contributed by atoms with E-state index in [9.17, 15) is 4.79 Å². The maximum absolute atomic E-state index is 11.9. The smallest absolute Gasteiger partial charge is 0.344 e. The maximum Gasteiger partial charge on any atom is 0.344 e. The number of esters is 1. The van der Waals surface area contributed by atoms with Gasteiger partial charge in [-0.3, -0.25) is 0 Å². The third-order valence-electron chi connectivity index (χ3n) is 3.36. The highest BCUT2D eigenvalue weighted by Gasteiger charge is 2.13. The summed E-state index contributed by atoms with van der Waals surface area (Å²) in [5.41, 5.74) is 1.39. The van der Waals surface area contributed by atoms with E-state index < -0.39 is 0 Å². The van der Waals surface area contributed by atoms with Crippen LogP contribution < -0.4 is 9.13 Å². The molecule has 0 saturated carbocycles. The quantitative estimate of drug-likeness (QED) is 0.277. The van der Waals surface area contributed by atoms with Gasteiger partial charge in [0.25, 0.3) is 0 Å². The number of oxime groups is 1. The molecule has 0 atom stereocenters. The molecule has 2 aromatic heterocycles. The van der Waals surface area contributed by atoms with E-state index in [0.717, 1.165) is 25.1 Å². The van der Waals surface area contributed by atoms with Crippen molar-refractivity contribution in [2.45, 2.75) is 39.5 Å². The molecule has 0 amide bonds. The standard InChI is InChI=1S/C18H22N3O3/c1-15(2)24-18(22)17-7-4-9-21(14-17)11-5-10-20-8-3-6-16(13-20)12-19-23/h3-4,6-9,12-15H,5,10-11H2,1-2H3/q+1/p+1/b19-12+. The fraction of sp³-hybridized carbons (Fsp3) is 0.333. The highest BCUT2D eigenvalue weighted by atomic mass is 16.5. The minimum atomic E-state index is -0.301. The van der Waals surface area contributed by atoms with Crippen LogP contribution in [0.5, 0.6) is 0 Å². The van der Waals surface area contributed by atoms with E-state index in [-0.39, 0.29) is 12.1 Å². The second-order valence-electron chi connectivity index (χ2n) is 5.76. The van der Waals surface area contributed by atoms with Crippen molar-refractivity contribution < 1.29 is 23.9 Å². The summed E-state index contributed by atoms with van der Waals surface area (Å²) in [6.45, 7) is 5.28. The van der Waals surface area contributed by atoms with Crippen molar-refractivity contribution in [1.29, 1.82) is 0 Å². The number of pyridine rings is 2. The average Bonchev–Trinajstić information content (AvgIpc) is 2.55. The van der Waals surface area contributed by atoms with Gasteiger partial charge < -0.3 is 9.94 Å². The molecule has 2 rings (SSSR count). The van der Waals surface area contributed by atoms with Gasteiger partial charge in [-0.15, -0.1) is 0 Å². The van der Waals surface area contributed by atoms with Crippen molar-refractivity contribution in [2.24, 2.45) is 5.16 Å². The Kier molecular flexibility index (Phi) is 6.42. The Balaban J connectivity index is 1.93. The summed E-state index contributed by atoms with van der Waals surface area (Å²) in [6, 6.07) is 7.39. The minimum absolute atomic E-state index is 0.128. The van der Waals surface area contributed by atoms with Gasteiger partial charge in [0.1, 0.15) is 5.56 Å². The van der Waals surface area contributed by atoms with Gasteiger partial charge in [0.2, 0.25) is 0 Å². The van der Waals surface area contributed by atoms with E-state index in [0.29, 0.717) is 5.56 Å². The first-order chi connectivity index (χ1) is 11.6. The van der Waals surface area contributed by atoms with Gasteiger partial charge in [-0.25, -0.2) is 13.9 Å². The van der Waals surface area contributed by atoms with E-state index in [1.165, 1.54) is 6.21 Å². The molecule has 0 spiro atoms. The van der Waals surface area contributed by atoms with Crippen LogP contribution in [0.3, 0.4) is 0 Å². The summed E-state index contributed by atoms with van der Waals surface area (Å²) >= 11 is 0. The molecule has 0 fully saturated rings. The SMILES string of the molecule is CC(C)OC(=O)c1ccc[n+](CCC[n+]2cccc(/C=N/O)c2)c1. The highest BCUT2D eigenvalue weighted by Crippen LogP contribution is 2.01. The molecular weight excluding hydrogens is 306 g/mol. The number of hydrogen-bond donors (Lipinski definition) is 1. The summed E-state index contributed by atoms with van der Waals surface area (Å²) in [4.78, 5) is 11.9. The molecule has 0 saturated heterocycles. The molecule has 6 heteroatoms. The molecule has 6 nitrogen and oxygen atoms in total. The molecule has 0 aliphatic carbocycles. The monoisotopic (exact) mass is 329 g/mol. The third kappa shape index (κ3) is 5.46. The second-order valence-corrected chi connectivity index (χ2v) is 5.76. The summed E-state index contributed by atoms with van der Waals surface area (Å²) in [7, 11) is 0. The van der Waals surface area contributed by atoms with Gasteiger partial charge in [-0.1, -0.05) is 5.16 Å². The lowest BCUT2D eigenvalue weighted by molar-refractivity contribution is -0.727. The van der Waals surface area contributed by atoms with E-state index in [4.69, 9.17) is 9.94 Å². The first kappa shape index (κ1) is 17.6. The third-order valence-corrected chi connectivity index (χ3v) is 3.36. The number of aromatic nitrogens is 2. The molecule has 0 aliphatic rings. The molecule has 0 aliphatic heterocycles. The molecule has 126 valence electrons. The zero-order valence-electron chi connectivity index (χ0n) is 14.0. The number of aryl methyl sites for hydroxylation is 2. The first-order valence-corrected chi connectivity index (χ1v) is 7.95. The number of carbonyl (C=O) groups is 1. The van der Waals surface area contributed by atoms with Crippen LogP contribution in [0.4, 0.5) is 0 Å². The average molecular weight is 329 g/mol. The second kappa shape index (κ2) is 8.76. The summed E-state index contributed by atoms with van der Waals surface area (Å²) < 4.78 is 9.23. The zero-order chi connectivity index (χ0) is 17.4. The van der Waals surface area contributed by atoms with Gasteiger partial charge in [0, 0.05) is 12.1 Å². The van der Waals surface area contributed by atoms with Gasteiger partial charge in [0.05, 0.1) is 24.3 Å². The van der Waals surface area contributed by atoms with Crippen LogP contribution in [0.2, 0.25) is 0 Å². The fourth-order valence-corrected chi connectivity index (χ4v) is 2.32. The molecule has 2 heterocycles. The largest absolute Gasteiger partial charge is 0.459 e. The van der Waals surface area contributed by atoms with Gasteiger partial charge >= 0.3 is 5.97 Å². The molecule has 2 aromatic rings. The molecule has 24 heavy (non-hydrogen) atoms.